The largest absolute Gasteiger partial charge is 0.429 e. The van der Waals surface area contributed by atoms with Crippen molar-refractivity contribution in [1.82, 2.24) is 4.67 Å². The van der Waals surface area contributed by atoms with Crippen molar-refractivity contribution in [3.63, 3.8) is 0 Å². The van der Waals surface area contributed by atoms with Crippen LogP contribution in [-0.4, -0.2) is 35.1 Å². The Morgan fingerprint density at radius 2 is 1.64 bits per heavy atom. The number of rotatable bonds is 13. The molecule has 22 heavy (non-hydrogen) atoms. The van der Waals surface area contributed by atoms with Gasteiger partial charge in [-0.1, -0.05) is 74.1 Å². The fraction of sp³-hybridized carbons (Fsp3) is 0.824. The van der Waals surface area contributed by atoms with Crippen LogP contribution in [0.5, 0.6) is 0 Å². The molecule has 0 fully saturated rings. The molecule has 2 unspecified atom stereocenters. The number of unbranched alkanes of at least 4 members (excludes halogenated alkanes) is 9. The molecule has 1 aliphatic heterocycles. The van der Waals surface area contributed by atoms with Crippen LogP contribution in [-0.2, 0) is 9.53 Å². The molecule has 0 aliphatic carbocycles. The molecule has 0 amide bonds. The van der Waals surface area contributed by atoms with Crippen LogP contribution in [0.1, 0.15) is 71.1 Å². The van der Waals surface area contributed by atoms with Crippen molar-refractivity contribution >= 4 is 15.4 Å². The van der Waals surface area contributed by atoms with Crippen molar-refractivity contribution in [2.24, 2.45) is 0 Å². The van der Waals surface area contributed by atoms with Gasteiger partial charge in [0.05, 0.1) is 0 Å². The Hall–Kier alpha value is -0.440. The van der Waals surface area contributed by atoms with E-state index in [9.17, 15) is 9.90 Å². The second kappa shape index (κ2) is 12.0. The van der Waals surface area contributed by atoms with Crippen LogP contribution < -0.4 is 0 Å². The summed E-state index contributed by atoms with van der Waals surface area (Å²) < 4.78 is 6.73. The van der Waals surface area contributed by atoms with Crippen LogP contribution >= 0.6 is 9.39 Å². The molecule has 2 atom stereocenters. The Labute approximate surface area is 137 Å². The first-order valence-corrected chi connectivity index (χ1v) is 9.24. The lowest BCUT2D eigenvalue weighted by molar-refractivity contribution is -0.151. The monoisotopic (exact) mass is 329 g/mol. The van der Waals surface area contributed by atoms with Gasteiger partial charge in [0.25, 0.3) is 0 Å². The molecule has 128 valence electrons. The van der Waals surface area contributed by atoms with Crippen LogP contribution in [0.25, 0.3) is 0 Å². The Morgan fingerprint density at radius 1 is 1.09 bits per heavy atom. The van der Waals surface area contributed by atoms with Crippen molar-refractivity contribution in [3.8, 4) is 0 Å². The van der Waals surface area contributed by atoms with E-state index < -0.39 is 12.3 Å². The number of aliphatic hydroxyl groups excluding tert-OH is 1. The van der Waals surface area contributed by atoms with E-state index in [1.807, 2.05) is 0 Å². The third kappa shape index (κ3) is 8.87. The average Bonchev–Trinajstić information content (AvgIpc) is 2.79. The predicted molar refractivity (Wildman–Crippen MR) is 93.3 cm³/mol. The Kier molecular flexibility index (Phi) is 10.7. The second-order valence-electron chi connectivity index (χ2n) is 6.16. The van der Waals surface area contributed by atoms with Gasteiger partial charge in [-0.2, -0.15) is 0 Å². The van der Waals surface area contributed by atoms with Crippen molar-refractivity contribution in [1.29, 1.82) is 0 Å². The number of aliphatic hydroxyl groups is 1. The number of nitrogens with zero attached hydrogens (tertiary/aromatic N) is 1. The number of hydrogen-bond acceptors (Lipinski definition) is 4. The highest BCUT2D eigenvalue weighted by Crippen LogP contribution is 2.17. The van der Waals surface area contributed by atoms with Crippen LogP contribution in [0, 0.1) is 0 Å². The Bertz CT molecular complexity index is 347. The zero-order valence-corrected chi connectivity index (χ0v) is 15.1. The third-order valence-corrected chi connectivity index (χ3v) is 4.47. The van der Waals surface area contributed by atoms with E-state index in [1.165, 1.54) is 63.9 Å². The molecule has 1 aliphatic rings. The molecule has 1 N–H and O–H groups in total. The molecule has 1 rings (SSSR count). The van der Waals surface area contributed by atoms with Crippen molar-refractivity contribution in [2.45, 2.75) is 77.4 Å². The van der Waals surface area contributed by atoms with E-state index in [-0.39, 0.29) is 0 Å². The summed E-state index contributed by atoms with van der Waals surface area (Å²) in [5.74, 6) is -0.445. The van der Waals surface area contributed by atoms with E-state index in [0.29, 0.717) is 12.1 Å². The fourth-order valence-electron chi connectivity index (χ4n) is 2.68. The van der Waals surface area contributed by atoms with Gasteiger partial charge >= 0.3 is 5.97 Å². The smallest absolute Gasteiger partial charge is 0.333 e. The Morgan fingerprint density at radius 3 is 2.14 bits per heavy atom. The van der Waals surface area contributed by atoms with Gasteiger partial charge in [-0.05, 0) is 6.42 Å². The van der Waals surface area contributed by atoms with Gasteiger partial charge in [-0.3, -0.25) is 4.67 Å². The molecule has 1 heterocycles. The quantitative estimate of drug-likeness (QED) is 0.317. The summed E-state index contributed by atoms with van der Waals surface area (Å²) in [6, 6.07) is 0. The van der Waals surface area contributed by atoms with Crippen LogP contribution in [0.4, 0.5) is 0 Å². The van der Waals surface area contributed by atoms with Gasteiger partial charge < -0.3 is 9.84 Å². The maximum Gasteiger partial charge on any atom is 0.333 e. The number of ether oxygens (including phenoxy) is 1. The fourth-order valence-corrected chi connectivity index (χ4v) is 3.08. The molecule has 0 spiro atoms. The lowest BCUT2D eigenvalue weighted by Gasteiger charge is -2.17. The normalized spacial score (nSPS) is 17.9. The molecule has 0 saturated heterocycles. The number of hydrogen-bond donors (Lipinski definition) is 1. The summed E-state index contributed by atoms with van der Waals surface area (Å²) in [4.78, 5) is 11.0. The van der Waals surface area contributed by atoms with Gasteiger partial charge in [0.1, 0.15) is 0 Å². The molecule has 0 bridgehead atoms. The molecule has 0 saturated carbocycles. The van der Waals surface area contributed by atoms with Crippen LogP contribution in [0.2, 0.25) is 0 Å². The lowest BCUT2D eigenvalue weighted by atomic mass is 10.1. The maximum absolute atomic E-state index is 11.0. The van der Waals surface area contributed by atoms with Crippen molar-refractivity contribution in [2.75, 3.05) is 13.1 Å². The predicted octanol–water partition coefficient (Wildman–Crippen LogP) is 3.80. The number of esters is 1. The second-order valence-corrected chi connectivity index (χ2v) is 6.89. The summed E-state index contributed by atoms with van der Waals surface area (Å²) in [7, 11) is 2.66. The molecule has 4 nitrogen and oxygen atoms in total. The molecule has 0 aromatic heterocycles. The number of carbonyl (C=O) groups excluding carboxylic acids is 1. The van der Waals surface area contributed by atoms with Crippen LogP contribution in [0.3, 0.4) is 0 Å². The van der Waals surface area contributed by atoms with Gasteiger partial charge in [0, 0.05) is 24.7 Å². The SMILES string of the molecule is CCCCCCCCCCCCN(P)CC1=CC(=O)OC1O. The van der Waals surface area contributed by atoms with E-state index in [0.717, 1.165) is 13.0 Å². The minimum Gasteiger partial charge on any atom is -0.429 e. The number of cyclic esters (lactones) is 1. The summed E-state index contributed by atoms with van der Waals surface area (Å²) in [5.41, 5.74) is 0.645. The topological polar surface area (TPSA) is 49.8 Å². The van der Waals surface area contributed by atoms with Gasteiger partial charge in [0.2, 0.25) is 6.29 Å². The highest BCUT2D eigenvalue weighted by Gasteiger charge is 2.24. The summed E-state index contributed by atoms with van der Waals surface area (Å²) in [6.45, 7) is 3.78. The summed E-state index contributed by atoms with van der Waals surface area (Å²) >= 11 is 0. The minimum atomic E-state index is -1.05. The van der Waals surface area contributed by atoms with Gasteiger partial charge in [-0.25, -0.2) is 4.79 Å². The first-order chi connectivity index (χ1) is 10.6. The van der Waals surface area contributed by atoms with Gasteiger partial charge in [-0.15, -0.1) is 0 Å². The van der Waals surface area contributed by atoms with E-state index in [2.05, 4.69) is 25.7 Å². The standard InChI is InChI=1S/C17H32NO3P/c1-2-3-4-5-6-7-8-9-10-11-12-18(22)14-15-13-16(19)21-17(15)20/h13,17,20H,2-12,14,22H2,1H3. The lowest BCUT2D eigenvalue weighted by Crippen LogP contribution is -2.21. The van der Waals surface area contributed by atoms with E-state index in [1.54, 1.807) is 0 Å². The summed E-state index contributed by atoms with van der Waals surface area (Å²) in [6.07, 6.45) is 13.6. The van der Waals surface area contributed by atoms with E-state index in [4.69, 9.17) is 0 Å². The highest BCUT2D eigenvalue weighted by molar-refractivity contribution is 7.13. The van der Waals surface area contributed by atoms with Crippen LogP contribution in [0.15, 0.2) is 11.6 Å². The first kappa shape index (κ1) is 19.6. The Balaban J connectivity index is 1.92. The van der Waals surface area contributed by atoms with E-state index >= 15 is 0 Å². The average molecular weight is 329 g/mol. The zero-order chi connectivity index (χ0) is 16.2. The molecule has 5 heteroatoms. The van der Waals surface area contributed by atoms with Gasteiger partial charge in [0.15, 0.2) is 0 Å². The summed E-state index contributed by atoms with van der Waals surface area (Å²) in [5, 5.41) is 9.51. The first-order valence-electron chi connectivity index (χ1n) is 8.72. The molecule has 0 aromatic rings. The highest BCUT2D eigenvalue weighted by atomic mass is 31.0. The minimum absolute atomic E-state index is 0.445. The molecular weight excluding hydrogens is 297 g/mol. The molecule has 0 aromatic carbocycles. The number of carbonyl (C=O) groups is 1. The van der Waals surface area contributed by atoms with Crippen molar-refractivity contribution < 1.29 is 14.6 Å². The molecule has 0 radical (unpaired) electrons. The molecular formula is C17H32NO3P. The van der Waals surface area contributed by atoms with Crippen molar-refractivity contribution in [3.05, 3.63) is 11.6 Å². The zero-order valence-electron chi connectivity index (χ0n) is 13.9. The maximum atomic E-state index is 11.0. The third-order valence-electron chi connectivity index (χ3n) is 4.03.